The molecule has 17 heavy (non-hydrogen) atoms. The molecule has 2 aromatic rings. The highest BCUT2D eigenvalue weighted by Crippen LogP contribution is 2.22. The van der Waals surface area contributed by atoms with Gasteiger partial charge in [-0.05, 0) is 24.6 Å². The number of aryl methyl sites for hydroxylation is 1. The fourth-order valence-electron chi connectivity index (χ4n) is 1.77. The molecule has 1 heterocycles. The van der Waals surface area contributed by atoms with Crippen molar-refractivity contribution < 1.29 is 9.84 Å². The Kier molecular flexibility index (Phi) is 3.44. The van der Waals surface area contributed by atoms with Crippen molar-refractivity contribution in [2.24, 2.45) is 0 Å². The van der Waals surface area contributed by atoms with E-state index < -0.39 is 6.10 Å². The monoisotopic (exact) mass is 232 g/mol. The van der Waals surface area contributed by atoms with Gasteiger partial charge in [0, 0.05) is 18.9 Å². The minimum absolute atomic E-state index is 0.665. The summed E-state index contributed by atoms with van der Waals surface area (Å²) in [5.74, 6) is 1.44. The van der Waals surface area contributed by atoms with Crippen molar-refractivity contribution in [3.8, 4) is 5.75 Å². The summed E-state index contributed by atoms with van der Waals surface area (Å²) in [6.45, 7) is 2.81. The number of benzene rings is 1. The molecule has 0 aliphatic heterocycles. The Balaban J connectivity index is 2.27. The van der Waals surface area contributed by atoms with Gasteiger partial charge >= 0.3 is 0 Å². The molecule has 1 N–H and O–H groups in total. The smallest absolute Gasteiger partial charge is 0.142 e. The largest absolute Gasteiger partial charge is 0.497 e. The fraction of sp³-hybridized carbons (Fsp3) is 0.308. The molecule has 0 radical (unpaired) electrons. The zero-order chi connectivity index (χ0) is 12.3. The summed E-state index contributed by atoms with van der Waals surface area (Å²) in [5.41, 5.74) is 0.812. The first kappa shape index (κ1) is 11.7. The van der Waals surface area contributed by atoms with E-state index in [0.717, 1.165) is 17.9 Å². The van der Waals surface area contributed by atoms with E-state index in [-0.39, 0.29) is 0 Å². The van der Waals surface area contributed by atoms with E-state index in [2.05, 4.69) is 4.98 Å². The van der Waals surface area contributed by atoms with Gasteiger partial charge in [-0.3, -0.25) is 0 Å². The van der Waals surface area contributed by atoms with Gasteiger partial charge in [-0.2, -0.15) is 0 Å². The van der Waals surface area contributed by atoms with Gasteiger partial charge in [0.1, 0.15) is 17.7 Å². The number of imidazole rings is 1. The number of methoxy groups -OCH3 is 1. The van der Waals surface area contributed by atoms with Gasteiger partial charge in [-0.1, -0.05) is 12.1 Å². The molecule has 0 aliphatic carbocycles. The highest BCUT2D eigenvalue weighted by atomic mass is 16.5. The molecule has 1 aromatic heterocycles. The predicted molar refractivity (Wildman–Crippen MR) is 65.0 cm³/mol. The van der Waals surface area contributed by atoms with E-state index in [1.165, 1.54) is 0 Å². The van der Waals surface area contributed by atoms with E-state index in [9.17, 15) is 5.11 Å². The molecule has 90 valence electrons. The molecule has 0 spiro atoms. The Morgan fingerprint density at radius 3 is 2.65 bits per heavy atom. The Labute approximate surface area is 100 Å². The van der Waals surface area contributed by atoms with Gasteiger partial charge in [-0.25, -0.2) is 4.98 Å². The lowest BCUT2D eigenvalue weighted by Crippen LogP contribution is -2.08. The number of aromatic nitrogens is 2. The molecule has 0 aliphatic rings. The van der Waals surface area contributed by atoms with Crippen LogP contribution in [-0.2, 0) is 6.54 Å². The lowest BCUT2D eigenvalue weighted by molar-refractivity contribution is 0.204. The topological polar surface area (TPSA) is 47.3 Å². The van der Waals surface area contributed by atoms with Crippen molar-refractivity contribution in [3.63, 3.8) is 0 Å². The molecule has 0 bridgehead atoms. The molecule has 0 saturated heterocycles. The Hall–Kier alpha value is -1.81. The average molecular weight is 232 g/mol. The second kappa shape index (κ2) is 5.01. The Morgan fingerprint density at radius 1 is 1.35 bits per heavy atom. The van der Waals surface area contributed by atoms with Crippen LogP contribution in [0.25, 0.3) is 0 Å². The number of hydrogen-bond donors (Lipinski definition) is 1. The number of nitrogens with zero attached hydrogens (tertiary/aromatic N) is 2. The van der Waals surface area contributed by atoms with Gasteiger partial charge in [-0.15, -0.1) is 0 Å². The molecule has 0 saturated carbocycles. The lowest BCUT2D eigenvalue weighted by atomic mass is 10.1. The van der Waals surface area contributed by atoms with Crippen molar-refractivity contribution in [1.82, 2.24) is 9.55 Å². The highest BCUT2D eigenvalue weighted by molar-refractivity contribution is 5.30. The first-order valence-electron chi connectivity index (χ1n) is 5.59. The van der Waals surface area contributed by atoms with Crippen LogP contribution in [-0.4, -0.2) is 21.8 Å². The van der Waals surface area contributed by atoms with Crippen LogP contribution in [0.3, 0.4) is 0 Å². The van der Waals surface area contributed by atoms with Crippen LogP contribution in [0, 0.1) is 0 Å². The molecule has 4 heteroatoms. The number of hydrogen-bond acceptors (Lipinski definition) is 3. The van der Waals surface area contributed by atoms with Crippen LogP contribution in [0.1, 0.15) is 24.4 Å². The van der Waals surface area contributed by atoms with E-state index in [1.807, 2.05) is 42.0 Å². The minimum atomic E-state index is -0.698. The summed E-state index contributed by atoms with van der Waals surface area (Å²) in [7, 11) is 1.62. The Morgan fingerprint density at radius 2 is 2.06 bits per heavy atom. The average Bonchev–Trinajstić information content (AvgIpc) is 2.86. The van der Waals surface area contributed by atoms with Crippen LogP contribution >= 0.6 is 0 Å². The SMILES string of the molecule is CCn1ccnc1C(O)c1ccc(OC)cc1. The summed E-state index contributed by atoms with van der Waals surface area (Å²) in [6.07, 6.45) is 2.86. The zero-order valence-corrected chi connectivity index (χ0v) is 10.00. The van der Waals surface area contributed by atoms with Crippen LogP contribution in [0.5, 0.6) is 5.75 Å². The second-order valence-electron chi connectivity index (χ2n) is 3.75. The number of aliphatic hydroxyl groups excluding tert-OH is 1. The van der Waals surface area contributed by atoms with Crippen molar-refractivity contribution in [2.45, 2.75) is 19.6 Å². The highest BCUT2D eigenvalue weighted by Gasteiger charge is 2.15. The second-order valence-corrected chi connectivity index (χ2v) is 3.75. The van der Waals surface area contributed by atoms with E-state index in [4.69, 9.17) is 4.74 Å². The molecule has 4 nitrogen and oxygen atoms in total. The van der Waals surface area contributed by atoms with Gasteiger partial charge in [0.25, 0.3) is 0 Å². The summed E-state index contributed by atoms with van der Waals surface area (Å²) in [4.78, 5) is 4.19. The normalized spacial score (nSPS) is 12.4. The molecule has 2 rings (SSSR count). The zero-order valence-electron chi connectivity index (χ0n) is 10.00. The van der Waals surface area contributed by atoms with Gasteiger partial charge in [0.2, 0.25) is 0 Å². The summed E-state index contributed by atoms with van der Waals surface area (Å²) in [5, 5.41) is 10.2. The predicted octanol–water partition coefficient (Wildman–Crippen LogP) is 1.99. The fourth-order valence-corrected chi connectivity index (χ4v) is 1.77. The van der Waals surface area contributed by atoms with Gasteiger partial charge in [0.05, 0.1) is 7.11 Å². The van der Waals surface area contributed by atoms with Crippen molar-refractivity contribution in [3.05, 3.63) is 48.0 Å². The van der Waals surface area contributed by atoms with Crippen LogP contribution in [0.15, 0.2) is 36.7 Å². The molecule has 1 atom stereocenters. The van der Waals surface area contributed by atoms with E-state index in [0.29, 0.717) is 5.82 Å². The quantitative estimate of drug-likeness (QED) is 0.877. The van der Waals surface area contributed by atoms with Crippen molar-refractivity contribution >= 4 is 0 Å². The minimum Gasteiger partial charge on any atom is -0.497 e. The Bertz CT molecular complexity index is 476. The number of ether oxygens (including phenoxy) is 1. The van der Waals surface area contributed by atoms with Gasteiger partial charge in [0.15, 0.2) is 0 Å². The maximum absolute atomic E-state index is 10.2. The molecule has 0 fully saturated rings. The molecule has 1 aromatic carbocycles. The standard InChI is InChI=1S/C13H16N2O2/c1-3-15-9-8-14-13(15)12(16)10-4-6-11(17-2)7-5-10/h4-9,12,16H,3H2,1-2H3. The summed E-state index contributed by atoms with van der Waals surface area (Å²) in [6, 6.07) is 7.35. The summed E-state index contributed by atoms with van der Waals surface area (Å²) >= 11 is 0. The number of rotatable bonds is 4. The first-order chi connectivity index (χ1) is 8.26. The van der Waals surface area contributed by atoms with Crippen LogP contribution in [0.2, 0.25) is 0 Å². The van der Waals surface area contributed by atoms with Gasteiger partial charge < -0.3 is 14.4 Å². The lowest BCUT2D eigenvalue weighted by Gasteiger charge is -2.12. The van der Waals surface area contributed by atoms with Crippen molar-refractivity contribution in [1.29, 1.82) is 0 Å². The van der Waals surface area contributed by atoms with Crippen LogP contribution in [0.4, 0.5) is 0 Å². The molecular weight excluding hydrogens is 216 g/mol. The van der Waals surface area contributed by atoms with E-state index in [1.54, 1.807) is 13.3 Å². The third-order valence-corrected chi connectivity index (χ3v) is 2.76. The first-order valence-corrected chi connectivity index (χ1v) is 5.59. The molecule has 1 unspecified atom stereocenters. The van der Waals surface area contributed by atoms with E-state index >= 15 is 0 Å². The molecular formula is C13H16N2O2. The maximum Gasteiger partial charge on any atom is 0.142 e. The number of aliphatic hydroxyl groups is 1. The summed E-state index contributed by atoms with van der Waals surface area (Å²) < 4.78 is 7.01. The molecule has 0 amide bonds. The van der Waals surface area contributed by atoms with Crippen molar-refractivity contribution in [2.75, 3.05) is 7.11 Å². The maximum atomic E-state index is 10.2. The third kappa shape index (κ3) is 2.31. The third-order valence-electron chi connectivity index (χ3n) is 2.76. The van der Waals surface area contributed by atoms with Crippen LogP contribution < -0.4 is 4.74 Å².